The number of ether oxygens (including phenoxy) is 2. The number of para-hydroxylation sites is 1. The van der Waals surface area contributed by atoms with Crippen LogP contribution in [0.2, 0.25) is 0 Å². The van der Waals surface area contributed by atoms with Gasteiger partial charge in [-0.15, -0.1) is 0 Å². The Morgan fingerprint density at radius 3 is 2.73 bits per heavy atom. The van der Waals surface area contributed by atoms with E-state index < -0.39 is 0 Å². The fourth-order valence-corrected chi connectivity index (χ4v) is 2.85. The fourth-order valence-electron chi connectivity index (χ4n) is 2.85. The highest BCUT2D eigenvalue weighted by Gasteiger charge is 2.28. The Balaban J connectivity index is 1.66. The highest BCUT2D eigenvalue weighted by molar-refractivity contribution is 5.78. The quantitative estimate of drug-likeness (QED) is 0.714. The molecule has 0 spiro atoms. The van der Waals surface area contributed by atoms with Crippen LogP contribution in [0, 0.1) is 5.82 Å². The summed E-state index contributed by atoms with van der Waals surface area (Å²) in [6, 6.07) is 6.31. The van der Waals surface area contributed by atoms with E-state index in [1.54, 1.807) is 18.2 Å². The van der Waals surface area contributed by atoms with E-state index in [0.717, 1.165) is 26.3 Å². The van der Waals surface area contributed by atoms with Gasteiger partial charge in [0.25, 0.3) is 0 Å². The Morgan fingerprint density at radius 1 is 1.35 bits per heavy atom. The number of nitrogens with one attached hydrogen (secondary N) is 1. The van der Waals surface area contributed by atoms with Crippen LogP contribution in [0.5, 0.6) is 5.75 Å². The van der Waals surface area contributed by atoms with Crippen molar-refractivity contribution in [2.24, 2.45) is 0 Å². The van der Waals surface area contributed by atoms with E-state index in [1.807, 2.05) is 11.9 Å². The van der Waals surface area contributed by atoms with E-state index >= 15 is 0 Å². The summed E-state index contributed by atoms with van der Waals surface area (Å²) in [6.45, 7) is 9.23. The first kappa shape index (κ1) is 20.6. The minimum absolute atomic E-state index is 0.0280. The van der Waals surface area contributed by atoms with Crippen LogP contribution in [0.3, 0.4) is 0 Å². The molecule has 1 heterocycles. The van der Waals surface area contributed by atoms with Gasteiger partial charge in [0.05, 0.1) is 19.8 Å². The highest BCUT2D eigenvalue weighted by atomic mass is 19.1. The summed E-state index contributed by atoms with van der Waals surface area (Å²) in [5, 5.41) is 3.00. The van der Waals surface area contributed by atoms with Crippen molar-refractivity contribution in [2.45, 2.75) is 19.4 Å². The topological polar surface area (TPSA) is 54.0 Å². The Kier molecular flexibility index (Phi) is 7.81. The summed E-state index contributed by atoms with van der Waals surface area (Å²) < 4.78 is 24.3. The minimum Gasteiger partial charge on any atom is -0.489 e. The molecule has 146 valence electrons. The lowest BCUT2D eigenvalue weighted by Crippen LogP contribution is -2.56. The van der Waals surface area contributed by atoms with Crippen LogP contribution in [-0.4, -0.2) is 80.8 Å². The van der Waals surface area contributed by atoms with Crippen molar-refractivity contribution in [1.29, 1.82) is 0 Å². The van der Waals surface area contributed by atoms with Crippen LogP contribution in [0.4, 0.5) is 4.39 Å². The molecule has 1 aliphatic rings. The number of rotatable bonds is 9. The molecule has 2 rings (SSSR count). The molecule has 1 saturated heterocycles. The van der Waals surface area contributed by atoms with Crippen LogP contribution in [-0.2, 0) is 9.53 Å². The lowest BCUT2D eigenvalue weighted by molar-refractivity contribution is -0.122. The molecule has 6 nitrogen and oxygen atoms in total. The average Bonchev–Trinajstić information content (AvgIpc) is 2.62. The van der Waals surface area contributed by atoms with Crippen LogP contribution in [0.25, 0.3) is 0 Å². The molecule has 0 radical (unpaired) electrons. The molecular weight excluding hydrogens is 337 g/mol. The molecule has 1 N–H and O–H groups in total. The second-order valence-electron chi connectivity index (χ2n) is 7.21. The van der Waals surface area contributed by atoms with E-state index in [1.165, 1.54) is 6.07 Å². The molecule has 1 aliphatic heterocycles. The molecule has 0 saturated carbocycles. The summed E-state index contributed by atoms with van der Waals surface area (Å²) in [5.74, 6) is -0.171. The van der Waals surface area contributed by atoms with Crippen molar-refractivity contribution < 1.29 is 18.7 Å². The smallest absolute Gasteiger partial charge is 0.234 e. The maximum atomic E-state index is 13.5. The van der Waals surface area contributed by atoms with Gasteiger partial charge in [-0.05, 0) is 33.0 Å². The Labute approximate surface area is 155 Å². The maximum Gasteiger partial charge on any atom is 0.234 e. The first-order valence-corrected chi connectivity index (χ1v) is 9.04. The number of hydrogen-bond acceptors (Lipinski definition) is 5. The van der Waals surface area contributed by atoms with Crippen molar-refractivity contribution in [3.63, 3.8) is 0 Å². The van der Waals surface area contributed by atoms with E-state index in [0.29, 0.717) is 19.7 Å². The maximum absolute atomic E-state index is 13.5. The summed E-state index contributed by atoms with van der Waals surface area (Å²) in [5.41, 5.74) is -0.105. The lowest BCUT2D eigenvalue weighted by Gasteiger charge is -2.40. The molecule has 0 atom stereocenters. The van der Waals surface area contributed by atoms with Gasteiger partial charge in [-0.1, -0.05) is 12.1 Å². The molecule has 0 aliphatic carbocycles. The van der Waals surface area contributed by atoms with Crippen LogP contribution in [0.1, 0.15) is 13.8 Å². The Bertz CT molecular complexity index is 577. The average molecular weight is 367 g/mol. The van der Waals surface area contributed by atoms with Crippen LogP contribution >= 0.6 is 0 Å². The van der Waals surface area contributed by atoms with E-state index in [2.05, 4.69) is 24.1 Å². The number of likely N-dealkylation sites (N-methyl/N-ethyl adjacent to an activating group) is 1. The number of carbonyl (C=O) groups is 1. The monoisotopic (exact) mass is 367 g/mol. The number of halogens is 1. The summed E-state index contributed by atoms with van der Waals surface area (Å²) in [7, 11) is 1.84. The molecule has 0 bridgehead atoms. The highest BCUT2D eigenvalue weighted by Crippen LogP contribution is 2.16. The van der Waals surface area contributed by atoms with Crippen LogP contribution in [0.15, 0.2) is 24.3 Å². The predicted molar refractivity (Wildman–Crippen MR) is 98.9 cm³/mol. The van der Waals surface area contributed by atoms with Gasteiger partial charge in [0.2, 0.25) is 5.91 Å². The summed E-state index contributed by atoms with van der Waals surface area (Å²) in [4.78, 5) is 16.4. The van der Waals surface area contributed by atoms with Crippen molar-refractivity contribution in [3.05, 3.63) is 30.1 Å². The van der Waals surface area contributed by atoms with E-state index in [-0.39, 0.29) is 29.6 Å². The molecule has 1 aromatic carbocycles. The zero-order valence-corrected chi connectivity index (χ0v) is 16.0. The Hall–Kier alpha value is -1.70. The van der Waals surface area contributed by atoms with Gasteiger partial charge < -0.3 is 14.8 Å². The number of carbonyl (C=O) groups excluding carboxylic acids is 1. The van der Waals surface area contributed by atoms with Gasteiger partial charge in [-0.3, -0.25) is 14.6 Å². The Morgan fingerprint density at radius 2 is 2.04 bits per heavy atom. The van der Waals surface area contributed by atoms with Gasteiger partial charge in [-0.25, -0.2) is 4.39 Å². The zero-order chi connectivity index (χ0) is 19.0. The fraction of sp³-hybridized carbons (Fsp3) is 0.632. The standard InChI is InChI=1S/C19H30FN3O3/c1-19(2,23-9-11-25-12-10-23)15-21-18(24)14-22(3)8-13-26-17-7-5-4-6-16(17)20/h4-7H,8-15H2,1-3H3,(H,21,24). The van der Waals surface area contributed by atoms with Gasteiger partial charge >= 0.3 is 0 Å². The van der Waals surface area contributed by atoms with Crippen LogP contribution < -0.4 is 10.1 Å². The number of morpholine rings is 1. The number of hydrogen-bond donors (Lipinski definition) is 1. The molecule has 0 aromatic heterocycles. The van der Waals surface area contributed by atoms with Crippen molar-refractivity contribution in [2.75, 3.05) is 59.6 Å². The van der Waals surface area contributed by atoms with Gasteiger partial charge in [0.1, 0.15) is 6.61 Å². The lowest BCUT2D eigenvalue weighted by atomic mass is 10.0. The first-order valence-electron chi connectivity index (χ1n) is 9.04. The summed E-state index contributed by atoms with van der Waals surface area (Å²) >= 11 is 0. The van der Waals surface area contributed by atoms with Crippen molar-refractivity contribution >= 4 is 5.91 Å². The number of amides is 1. The molecule has 7 heteroatoms. The number of nitrogens with zero attached hydrogens (tertiary/aromatic N) is 2. The third kappa shape index (κ3) is 6.55. The van der Waals surface area contributed by atoms with Gasteiger partial charge in [-0.2, -0.15) is 0 Å². The van der Waals surface area contributed by atoms with E-state index in [9.17, 15) is 9.18 Å². The third-order valence-corrected chi connectivity index (χ3v) is 4.57. The van der Waals surface area contributed by atoms with Gasteiger partial charge in [0.15, 0.2) is 11.6 Å². The molecule has 0 unspecified atom stereocenters. The normalized spacial score (nSPS) is 15.9. The predicted octanol–water partition coefficient (Wildman–Crippen LogP) is 1.36. The molecule has 1 amide bonds. The molecular formula is C19H30FN3O3. The minimum atomic E-state index is -0.377. The SMILES string of the molecule is CN(CCOc1ccccc1F)CC(=O)NCC(C)(C)N1CCOCC1. The largest absolute Gasteiger partial charge is 0.489 e. The summed E-state index contributed by atoms with van der Waals surface area (Å²) in [6.07, 6.45) is 0. The molecule has 1 aromatic rings. The second kappa shape index (κ2) is 9.85. The third-order valence-electron chi connectivity index (χ3n) is 4.57. The first-order chi connectivity index (χ1) is 12.4. The second-order valence-corrected chi connectivity index (χ2v) is 7.21. The van der Waals surface area contributed by atoms with Gasteiger partial charge in [0, 0.05) is 31.7 Å². The number of benzene rings is 1. The molecule has 26 heavy (non-hydrogen) atoms. The van der Waals surface area contributed by atoms with Crippen molar-refractivity contribution in [3.8, 4) is 5.75 Å². The van der Waals surface area contributed by atoms with E-state index in [4.69, 9.17) is 9.47 Å². The molecule has 1 fully saturated rings. The van der Waals surface area contributed by atoms with Crippen molar-refractivity contribution in [1.82, 2.24) is 15.1 Å². The zero-order valence-electron chi connectivity index (χ0n) is 16.0.